The summed E-state index contributed by atoms with van der Waals surface area (Å²) in [7, 11) is 0. The van der Waals surface area contributed by atoms with Gasteiger partial charge in [-0.3, -0.25) is 9.59 Å². The van der Waals surface area contributed by atoms with E-state index in [1.165, 1.54) is 4.90 Å². The van der Waals surface area contributed by atoms with Crippen molar-refractivity contribution in [3.63, 3.8) is 0 Å². The summed E-state index contributed by atoms with van der Waals surface area (Å²) in [6.07, 6.45) is 0.796. The third-order valence-electron chi connectivity index (χ3n) is 4.71. The summed E-state index contributed by atoms with van der Waals surface area (Å²) < 4.78 is 6.31. The molecule has 2 aromatic rings. The van der Waals surface area contributed by atoms with Crippen LogP contribution in [0.1, 0.15) is 32.8 Å². The predicted molar refractivity (Wildman–Crippen MR) is 124 cm³/mol. The minimum atomic E-state index is -0.694. The van der Waals surface area contributed by atoms with Crippen molar-refractivity contribution in [2.75, 3.05) is 6.61 Å². The minimum absolute atomic E-state index is 0.0125. The van der Waals surface area contributed by atoms with Gasteiger partial charge >= 0.3 is 0 Å². The van der Waals surface area contributed by atoms with Gasteiger partial charge in [0.1, 0.15) is 11.8 Å². The Morgan fingerprint density at radius 1 is 1.17 bits per heavy atom. The van der Waals surface area contributed by atoms with Crippen LogP contribution in [0.4, 0.5) is 0 Å². The first-order valence-electron chi connectivity index (χ1n) is 9.64. The minimum Gasteiger partial charge on any atom is -0.483 e. The summed E-state index contributed by atoms with van der Waals surface area (Å²) in [6.45, 7) is 5.57. The van der Waals surface area contributed by atoms with Gasteiger partial charge in [0.15, 0.2) is 6.61 Å². The van der Waals surface area contributed by atoms with Gasteiger partial charge in [-0.05, 0) is 66.0 Å². The molecule has 2 rings (SSSR count). The van der Waals surface area contributed by atoms with Gasteiger partial charge in [0, 0.05) is 22.6 Å². The monoisotopic (exact) mass is 514 g/mol. The lowest BCUT2D eigenvalue weighted by Gasteiger charge is -2.30. The molecule has 0 aliphatic heterocycles. The van der Waals surface area contributed by atoms with Gasteiger partial charge in [0.2, 0.25) is 5.91 Å². The highest BCUT2D eigenvalue weighted by molar-refractivity contribution is 9.10. The maximum Gasteiger partial charge on any atom is 0.261 e. The van der Waals surface area contributed by atoms with Gasteiger partial charge in [-0.2, -0.15) is 0 Å². The molecule has 2 atom stereocenters. The number of halogens is 3. The van der Waals surface area contributed by atoms with Crippen LogP contribution in [-0.4, -0.2) is 35.4 Å². The van der Waals surface area contributed by atoms with E-state index in [1.54, 1.807) is 31.2 Å². The number of nitrogens with zero attached hydrogens (tertiary/aromatic N) is 1. The van der Waals surface area contributed by atoms with Gasteiger partial charge < -0.3 is 15.0 Å². The topological polar surface area (TPSA) is 58.6 Å². The fourth-order valence-corrected chi connectivity index (χ4v) is 3.67. The molecular weight excluding hydrogens is 491 g/mol. The Kier molecular flexibility index (Phi) is 9.46. The summed E-state index contributed by atoms with van der Waals surface area (Å²) in [6, 6.07) is 11.6. The van der Waals surface area contributed by atoms with E-state index in [9.17, 15) is 9.59 Å². The van der Waals surface area contributed by atoms with Crippen LogP contribution in [-0.2, 0) is 16.1 Å². The number of ether oxygens (including phenoxy) is 1. The lowest BCUT2D eigenvalue weighted by Crippen LogP contribution is -2.50. The summed E-state index contributed by atoms with van der Waals surface area (Å²) >= 11 is 15.6. The lowest BCUT2D eigenvalue weighted by atomic mass is 10.1. The number of hydrogen-bond donors (Lipinski definition) is 1. The molecule has 0 saturated carbocycles. The first kappa shape index (κ1) is 24.5. The van der Waals surface area contributed by atoms with Crippen LogP contribution < -0.4 is 10.1 Å². The fourth-order valence-electron chi connectivity index (χ4n) is 2.67. The van der Waals surface area contributed by atoms with E-state index in [4.69, 9.17) is 27.9 Å². The molecule has 0 spiro atoms. The zero-order chi connectivity index (χ0) is 22.3. The molecule has 0 aliphatic rings. The average Bonchev–Trinajstić information content (AvgIpc) is 2.71. The standard InChI is InChI=1S/C22H25BrCl2N2O3/c1-4-14(2)26-22(29)15(3)27(12-16-7-5-6-8-19(16)25)21(28)13-30-20-10-9-17(24)11-18(20)23/h5-11,14-15H,4,12-13H2,1-3H3,(H,26,29)/t14-,15+/m1/s1. The SMILES string of the molecule is CC[C@@H](C)NC(=O)[C@H](C)N(Cc1ccccc1Cl)C(=O)COc1ccc(Cl)cc1Br. The largest absolute Gasteiger partial charge is 0.483 e. The molecule has 0 bridgehead atoms. The maximum absolute atomic E-state index is 13.0. The van der Waals surface area contributed by atoms with E-state index in [2.05, 4.69) is 21.2 Å². The highest BCUT2D eigenvalue weighted by Crippen LogP contribution is 2.28. The molecule has 0 radical (unpaired) electrons. The first-order valence-corrected chi connectivity index (χ1v) is 11.2. The quantitative estimate of drug-likeness (QED) is 0.482. The fraction of sp³-hybridized carbons (Fsp3) is 0.364. The molecule has 2 aromatic carbocycles. The Balaban J connectivity index is 2.19. The van der Waals surface area contributed by atoms with E-state index in [1.807, 2.05) is 32.0 Å². The third-order valence-corrected chi connectivity index (χ3v) is 5.94. The molecule has 0 aliphatic carbocycles. The number of amides is 2. The van der Waals surface area contributed by atoms with Crippen LogP contribution >= 0.6 is 39.1 Å². The summed E-state index contributed by atoms with van der Waals surface area (Å²) in [5.74, 6) is -0.0665. The molecule has 0 aromatic heterocycles. The number of benzene rings is 2. The molecule has 0 unspecified atom stereocenters. The Morgan fingerprint density at radius 3 is 2.50 bits per heavy atom. The van der Waals surface area contributed by atoms with Crippen molar-refractivity contribution >= 4 is 50.9 Å². The molecule has 0 heterocycles. The molecule has 162 valence electrons. The zero-order valence-electron chi connectivity index (χ0n) is 17.1. The van der Waals surface area contributed by atoms with E-state index in [0.29, 0.717) is 20.3 Å². The van der Waals surface area contributed by atoms with Gasteiger partial charge in [-0.1, -0.05) is 48.3 Å². The third kappa shape index (κ3) is 6.89. The molecule has 5 nitrogen and oxygen atoms in total. The van der Waals surface area contributed by atoms with Gasteiger partial charge in [0.05, 0.1) is 4.47 Å². The summed E-state index contributed by atoms with van der Waals surface area (Å²) in [5, 5.41) is 4.01. The molecule has 8 heteroatoms. The number of carbonyl (C=O) groups is 2. The lowest BCUT2D eigenvalue weighted by molar-refractivity contribution is -0.142. The number of nitrogens with one attached hydrogen (secondary N) is 1. The van der Waals surface area contributed by atoms with Crippen molar-refractivity contribution in [3.05, 3.63) is 62.5 Å². The van der Waals surface area contributed by atoms with Crippen molar-refractivity contribution in [3.8, 4) is 5.75 Å². The predicted octanol–water partition coefficient (Wildman–Crippen LogP) is 5.47. The Bertz CT molecular complexity index is 894. The molecule has 30 heavy (non-hydrogen) atoms. The van der Waals surface area contributed by atoms with E-state index in [-0.39, 0.29) is 31.0 Å². The highest BCUT2D eigenvalue weighted by Gasteiger charge is 2.27. The Labute approximate surface area is 195 Å². The Hall–Kier alpha value is -1.76. The number of carbonyl (C=O) groups excluding carboxylic acids is 2. The molecule has 1 N–H and O–H groups in total. The first-order chi connectivity index (χ1) is 14.2. The van der Waals surface area contributed by atoms with Crippen LogP contribution in [0.2, 0.25) is 10.0 Å². The van der Waals surface area contributed by atoms with E-state index < -0.39 is 6.04 Å². The smallest absolute Gasteiger partial charge is 0.261 e. The molecule has 0 saturated heterocycles. The van der Waals surface area contributed by atoms with Gasteiger partial charge in [-0.25, -0.2) is 0 Å². The second-order valence-corrected chi connectivity index (χ2v) is 8.67. The second kappa shape index (κ2) is 11.6. The van der Waals surface area contributed by atoms with Crippen molar-refractivity contribution in [1.82, 2.24) is 10.2 Å². The normalized spacial score (nSPS) is 12.7. The van der Waals surface area contributed by atoms with Crippen LogP contribution in [0, 0.1) is 0 Å². The van der Waals surface area contributed by atoms with E-state index >= 15 is 0 Å². The van der Waals surface area contributed by atoms with Crippen LogP contribution in [0.3, 0.4) is 0 Å². The molecule has 2 amide bonds. The van der Waals surface area contributed by atoms with Crippen LogP contribution in [0.15, 0.2) is 46.9 Å². The van der Waals surface area contributed by atoms with Crippen molar-refractivity contribution in [2.45, 2.75) is 45.8 Å². The summed E-state index contributed by atoms with van der Waals surface area (Å²) in [5.41, 5.74) is 0.753. The number of rotatable bonds is 9. The Morgan fingerprint density at radius 2 is 1.87 bits per heavy atom. The second-order valence-electron chi connectivity index (χ2n) is 6.97. The van der Waals surface area contributed by atoms with Crippen LogP contribution in [0.25, 0.3) is 0 Å². The van der Waals surface area contributed by atoms with Crippen molar-refractivity contribution < 1.29 is 14.3 Å². The van der Waals surface area contributed by atoms with E-state index in [0.717, 1.165) is 12.0 Å². The van der Waals surface area contributed by atoms with Crippen LogP contribution in [0.5, 0.6) is 5.75 Å². The van der Waals surface area contributed by atoms with Gasteiger partial charge in [-0.15, -0.1) is 0 Å². The molecular formula is C22H25BrCl2N2O3. The number of hydrogen-bond acceptors (Lipinski definition) is 3. The summed E-state index contributed by atoms with van der Waals surface area (Å²) in [4.78, 5) is 27.2. The zero-order valence-corrected chi connectivity index (χ0v) is 20.2. The van der Waals surface area contributed by atoms with Gasteiger partial charge in [0.25, 0.3) is 5.91 Å². The molecule has 0 fully saturated rings. The van der Waals surface area contributed by atoms with Crippen molar-refractivity contribution in [1.29, 1.82) is 0 Å². The maximum atomic E-state index is 13.0. The highest BCUT2D eigenvalue weighted by atomic mass is 79.9. The van der Waals surface area contributed by atoms with Crippen molar-refractivity contribution in [2.24, 2.45) is 0 Å². The average molecular weight is 516 g/mol.